The molecule has 1 atom stereocenters. The van der Waals surface area contributed by atoms with Gasteiger partial charge in [0.25, 0.3) is 0 Å². The van der Waals surface area contributed by atoms with E-state index in [0.29, 0.717) is 5.69 Å². The zero-order chi connectivity index (χ0) is 16.4. The molecule has 0 aromatic heterocycles. The number of carbonyl (C=O) groups excluding carboxylic acids is 2. The average molecular weight is 306 g/mol. The number of carbonyl (C=O) groups is 2. The quantitative estimate of drug-likeness (QED) is 0.737. The minimum atomic E-state index is -0.233. The fourth-order valence-corrected chi connectivity index (χ4v) is 2.16. The van der Waals surface area contributed by atoms with Crippen LogP contribution < -0.4 is 15.4 Å². The van der Waals surface area contributed by atoms with Crippen molar-refractivity contribution in [3.8, 4) is 5.75 Å². The zero-order valence-electron chi connectivity index (χ0n) is 13.6. The van der Waals surface area contributed by atoms with E-state index in [-0.39, 0.29) is 24.3 Å². The van der Waals surface area contributed by atoms with Gasteiger partial charge in [-0.2, -0.15) is 0 Å². The van der Waals surface area contributed by atoms with E-state index in [1.165, 1.54) is 0 Å². The summed E-state index contributed by atoms with van der Waals surface area (Å²) in [4.78, 5) is 23.9. The van der Waals surface area contributed by atoms with Gasteiger partial charge in [0.2, 0.25) is 11.8 Å². The molecule has 1 rings (SSSR count). The number of hydrogen-bond donors (Lipinski definition) is 2. The predicted molar refractivity (Wildman–Crippen MR) is 87.9 cm³/mol. The molecule has 0 aliphatic heterocycles. The van der Waals surface area contributed by atoms with Gasteiger partial charge in [0, 0.05) is 11.6 Å². The Labute approximate surface area is 132 Å². The van der Waals surface area contributed by atoms with E-state index in [1.807, 2.05) is 6.92 Å². The third kappa shape index (κ3) is 6.16. The Morgan fingerprint density at radius 3 is 2.41 bits per heavy atom. The fourth-order valence-electron chi connectivity index (χ4n) is 2.16. The number of anilines is 1. The Kier molecular flexibility index (Phi) is 8.04. The van der Waals surface area contributed by atoms with E-state index in [1.54, 1.807) is 31.4 Å². The molecule has 1 aromatic rings. The first-order valence-corrected chi connectivity index (χ1v) is 7.82. The first-order valence-electron chi connectivity index (χ1n) is 7.82. The van der Waals surface area contributed by atoms with Gasteiger partial charge in [0.15, 0.2) is 0 Å². The Morgan fingerprint density at radius 1 is 1.18 bits per heavy atom. The number of nitrogens with one attached hydrogen (secondary N) is 2. The molecule has 1 aromatic carbocycles. The Hall–Kier alpha value is -2.04. The molecule has 0 fully saturated rings. The molecule has 0 aliphatic carbocycles. The molecule has 0 aliphatic rings. The van der Waals surface area contributed by atoms with Crippen LogP contribution >= 0.6 is 0 Å². The molecule has 0 bridgehead atoms. The van der Waals surface area contributed by atoms with Crippen molar-refractivity contribution in [3.05, 3.63) is 24.3 Å². The van der Waals surface area contributed by atoms with Crippen molar-refractivity contribution < 1.29 is 14.3 Å². The summed E-state index contributed by atoms with van der Waals surface area (Å²) in [6.07, 6.45) is 3.77. The maximum atomic E-state index is 12.0. The largest absolute Gasteiger partial charge is 0.497 e. The summed E-state index contributed by atoms with van der Waals surface area (Å²) in [6, 6.07) is 7.06. The van der Waals surface area contributed by atoms with E-state index in [4.69, 9.17) is 4.74 Å². The smallest absolute Gasteiger partial charge is 0.243 e. The summed E-state index contributed by atoms with van der Waals surface area (Å²) >= 11 is 0. The molecule has 122 valence electrons. The Bertz CT molecular complexity index is 471. The van der Waals surface area contributed by atoms with Gasteiger partial charge >= 0.3 is 0 Å². The third-order valence-electron chi connectivity index (χ3n) is 3.57. The van der Waals surface area contributed by atoms with Crippen LogP contribution in [0.4, 0.5) is 5.69 Å². The lowest BCUT2D eigenvalue weighted by Gasteiger charge is -2.14. The molecule has 0 saturated heterocycles. The summed E-state index contributed by atoms with van der Waals surface area (Å²) in [5.74, 6) is 0.450. The highest BCUT2D eigenvalue weighted by atomic mass is 16.5. The maximum Gasteiger partial charge on any atom is 0.243 e. The Balaban J connectivity index is 2.39. The van der Waals surface area contributed by atoms with Crippen LogP contribution in [0.3, 0.4) is 0 Å². The monoisotopic (exact) mass is 306 g/mol. The van der Waals surface area contributed by atoms with E-state index in [9.17, 15) is 9.59 Å². The lowest BCUT2D eigenvalue weighted by Crippen LogP contribution is -2.36. The second-order valence-corrected chi connectivity index (χ2v) is 5.24. The van der Waals surface area contributed by atoms with Gasteiger partial charge in [-0.3, -0.25) is 9.59 Å². The number of ether oxygens (including phenoxy) is 1. The van der Waals surface area contributed by atoms with E-state index >= 15 is 0 Å². The molecular formula is C17H26N2O3. The van der Waals surface area contributed by atoms with Crippen molar-refractivity contribution in [2.24, 2.45) is 5.92 Å². The average Bonchev–Trinajstić information content (AvgIpc) is 2.54. The van der Waals surface area contributed by atoms with Crippen LogP contribution in [0.15, 0.2) is 24.3 Å². The first-order chi connectivity index (χ1) is 10.6. The van der Waals surface area contributed by atoms with Gasteiger partial charge in [-0.15, -0.1) is 0 Å². The molecule has 1 unspecified atom stereocenters. The molecule has 5 nitrogen and oxygen atoms in total. The van der Waals surface area contributed by atoms with Gasteiger partial charge in [0.1, 0.15) is 5.75 Å². The highest BCUT2D eigenvalue weighted by molar-refractivity contribution is 5.94. The number of rotatable bonds is 9. The summed E-state index contributed by atoms with van der Waals surface area (Å²) in [5, 5.41) is 5.45. The van der Waals surface area contributed by atoms with E-state index in [0.717, 1.165) is 31.4 Å². The summed E-state index contributed by atoms with van der Waals surface area (Å²) in [7, 11) is 1.59. The second kappa shape index (κ2) is 9.82. The van der Waals surface area contributed by atoms with Crippen LogP contribution in [-0.2, 0) is 9.59 Å². The van der Waals surface area contributed by atoms with Gasteiger partial charge in [-0.05, 0) is 37.1 Å². The van der Waals surface area contributed by atoms with E-state index < -0.39 is 0 Å². The van der Waals surface area contributed by atoms with Crippen LogP contribution in [0.1, 0.15) is 39.5 Å². The first kappa shape index (κ1) is 18.0. The van der Waals surface area contributed by atoms with Crippen molar-refractivity contribution in [1.82, 2.24) is 5.32 Å². The van der Waals surface area contributed by atoms with E-state index in [2.05, 4.69) is 17.6 Å². The zero-order valence-corrected chi connectivity index (χ0v) is 13.6. The summed E-state index contributed by atoms with van der Waals surface area (Å²) < 4.78 is 5.05. The van der Waals surface area contributed by atoms with Gasteiger partial charge in [-0.1, -0.05) is 26.7 Å². The Morgan fingerprint density at radius 2 is 1.86 bits per heavy atom. The number of methoxy groups -OCH3 is 1. The molecule has 2 N–H and O–H groups in total. The fraction of sp³-hybridized carbons (Fsp3) is 0.529. The minimum absolute atomic E-state index is 0.00580. The van der Waals surface area contributed by atoms with Crippen LogP contribution in [0.5, 0.6) is 5.75 Å². The molecule has 0 spiro atoms. The number of unbranched alkanes of at least 4 members (excludes halogenated alkanes) is 1. The topological polar surface area (TPSA) is 67.4 Å². The van der Waals surface area contributed by atoms with Crippen molar-refractivity contribution >= 4 is 17.5 Å². The van der Waals surface area contributed by atoms with Crippen LogP contribution in [0.25, 0.3) is 0 Å². The number of hydrogen-bond acceptors (Lipinski definition) is 3. The van der Waals surface area contributed by atoms with Crippen molar-refractivity contribution in [1.29, 1.82) is 0 Å². The predicted octanol–water partition coefficient (Wildman–Crippen LogP) is 2.97. The SMILES string of the molecule is CCCCC(CC)C(=O)NCC(=O)Nc1ccc(OC)cc1. The standard InChI is InChI=1S/C17H26N2O3/c1-4-6-7-13(5-2)17(21)18-12-16(20)19-14-8-10-15(22-3)11-9-14/h8-11,13H,4-7,12H2,1-3H3,(H,18,21)(H,19,20). The lowest BCUT2D eigenvalue weighted by molar-refractivity contribution is -0.127. The molecule has 5 heteroatoms. The number of amides is 2. The van der Waals surface area contributed by atoms with Gasteiger partial charge in [-0.25, -0.2) is 0 Å². The maximum absolute atomic E-state index is 12.0. The van der Waals surface area contributed by atoms with Crippen LogP contribution in [0.2, 0.25) is 0 Å². The van der Waals surface area contributed by atoms with Gasteiger partial charge in [0.05, 0.1) is 13.7 Å². The molecule has 0 radical (unpaired) electrons. The van der Waals surface area contributed by atoms with Crippen LogP contribution in [0, 0.1) is 5.92 Å². The normalized spacial score (nSPS) is 11.6. The lowest BCUT2D eigenvalue weighted by atomic mass is 9.98. The van der Waals surface area contributed by atoms with Crippen molar-refractivity contribution in [3.63, 3.8) is 0 Å². The molecule has 0 heterocycles. The van der Waals surface area contributed by atoms with Crippen LogP contribution in [-0.4, -0.2) is 25.5 Å². The van der Waals surface area contributed by atoms with Crippen molar-refractivity contribution in [2.45, 2.75) is 39.5 Å². The highest BCUT2D eigenvalue weighted by Crippen LogP contribution is 2.15. The molecule has 0 saturated carbocycles. The molecule has 22 heavy (non-hydrogen) atoms. The highest BCUT2D eigenvalue weighted by Gasteiger charge is 2.16. The second-order valence-electron chi connectivity index (χ2n) is 5.24. The summed E-state index contributed by atoms with van der Waals surface area (Å²) in [6.45, 7) is 4.09. The molecular weight excluding hydrogens is 280 g/mol. The summed E-state index contributed by atoms with van der Waals surface area (Å²) in [5.41, 5.74) is 0.679. The minimum Gasteiger partial charge on any atom is -0.497 e. The third-order valence-corrected chi connectivity index (χ3v) is 3.57. The van der Waals surface area contributed by atoms with Crippen molar-refractivity contribution in [2.75, 3.05) is 19.0 Å². The number of benzene rings is 1. The molecule has 2 amide bonds. The van der Waals surface area contributed by atoms with Gasteiger partial charge < -0.3 is 15.4 Å².